The predicted octanol–water partition coefficient (Wildman–Crippen LogP) is 1.46. The van der Waals surface area contributed by atoms with Gasteiger partial charge in [0.15, 0.2) is 17.6 Å². The maximum absolute atomic E-state index is 12.2. The first-order chi connectivity index (χ1) is 15.4. The van der Waals surface area contributed by atoms with E-state index in [4.69, 9.17) is 26.5 Å². The van der Waals surface area contributed by atoms with Crippen LogP contribution in [-0.4, -0.2) is 55.9 Å². The molecule has 1 saturated heterocycles. The van der Waals surface area contributed by atoms with Crippen LogP contribution in [0.3, 0.4) is 0 Å². The van der Waals surface area contributed by atoms with E-state index in [0.29, 0.717) is 5.52 Å². The summed E-state index contributed by atoms with van der Waals surface area (Å²) in [4.78, 5) is 19.8. The first-order valence-electron chi connectivity index (χ1n) is 9.80. The number of nitrogen functional groups attached to an aromatic ring is 1. The molecule has 166 valence electrons. The van der Waals surface area contributed by atoms with Gasteiger partial charge in [-0.2, -0.15) is 5.10 Å². The topological polar surface area (TPSA) is 146 Å². The zero-order chi connectivity index (χ0) is 22.9. The highest BCUT2D eigenvalue weighted by Crippen LogP contribution is 2.39. The Morgan fingerprint density at radius 2 is 2.09 bits per heavy atom. The van der Waals surface area contributed by atoms with E-state index in [9.17, 15) is 15.0 Å². The summed E-state index contributed by atoms with van der Waals surface area (Å²) in [7, 11) is 0. The largest absolute Gasteiger partial charge is 0.509 e. The van der Waals surface area contributed by atoms with Crippen LogP contribution < -0.4 is 5.73 Å². The van der Waals surface area contributed by atoms with Crippen LogP contribution >= 0.6 is 0 Å². The van der Waals surface area contributed by atoms with Crippen LogP contribution in [0.1, 0.15) is 24.3 Å². The fourth-order valence-electron chi connectivity index (χ4n) is 3.65. The summed E-state index contributed by atoms with van der Waals surface area (Å²) in [5.74, 6) is 0.195. The number of rotatable bonds is 4. The van der Waals surface area contributed by atoms with E-state index in [1.54, 1.807) is 31.2 Å². The van der Waals surface area contributed by atoms with Crippen LogP contribution in [0.4, 0.5) is 10.6 Å². The summed E-state index contributed by atoms with van der Waals surface area (Å²) in [6.45, 7) is 6.96. The molecule has 4 N–H and O–H groups in total. The third-order valence-corrected chi connectivity index (χ3v) is 5.40. The molecule has 32 heavy (non-hydrogen) atoms. The Balaban J connectivity index is 1.50. The van der Waals surface area contributed by atoms with Crippen LogP contribution in [0.5, 0.6) is 0 Å². The number of ether oxygens (including phenoxy) is 3. The van der Waals surface area contributed by atoms with Crippen molar-refractivity contribution < 1.29 is 29.2 Å². The van der Waals surface area contributed by atoms with Crippen LogP contribution in [0.15, 0.2) is 48.8 Å². The van der Waals surface area contributed by atoms with E-state index in [1.807, 2.05) is 18.2 Å². The number of nitrogens with two attached hydrogens (primary N) is 1. The number of anilines is 1. The lowest BCUT2D eigenvalue weighted by atomic mass is 9.92. The minimum Gasteiger partial charge on any atom is -0.426 e. The molecule has 4 rings (SSSR count). The molecule has 11 nitrogen and oxygen atoms in total. The van der Waals surface area contributed by atoms with Gasteiger partial charge in [-0.05, 0) is 29.5 Å². The lowest BCUT2D eigenvalue weighted by molar-refractivity contribution is -0.228. The van der Waals surface area contributed by atoms with Gasteiger partial charge < -0.3 is 25.4 Å². The molecule has 0 saturated carbocycles. The van der Waals surface area contributed by atoms with Gasteiger partial charge in [-0.1, -0.05) is 30.3 Å². The predicted molar refractivity (Wildman–Crippen MR) is 112 cm³/mol. The van der Waals surface area contributed by atoms with Crippen molar-refractivity contribution in [3.8, 4) is 6.57 Å². The van der Waals surface area contributed by atoms with Gasteiger partial charge in [0.1, 0.15) is 24.1 Å². The molecule has 5 atom stereocenters. The number of aromatic nitrogens is 3. The third-order valence-electron chi connectivity index (χ3n) is 5.40. The normalized spacial score (nSPS) is 26.2. The van der Waals surface area contributed by atoms with E-state index in [-0.39, 0.29) is 18.1 Å². The fraction of sp³-hybridized carbons (Fsp3) is 0.333. The van der Waals surface area contributed by atoms with Gasteiger partial charge in [-0.25, -0.2) is 14.3 Å². The van der Waals surface area contributed by atoms with E-state index in [2.05, 4.69) is 14.9 Å². The van der Waals surface area contributed by atoms with Gasteiger partial charge in [-0.15, -0.1) is 0 Å². The Hall–Kier alpha value is -3.72. The summed E-state index contributed by atoms with van der Waals surface area (Å²) in [5, 5.41) is 25.6. The first-order valence-corrected chi connectivity index (χ1v) is 9.80. The van der Waals surface area contributed by atoms with E-state index in [1.165, 1.54) is 10.8 Å². The molecule has 0 bridgehead atoms. The SMILES string of the molecule is C#[N+][C@@]1(c2ccc3c(N)ncnn23)OCC(OC(=O)O[C@H](C)c2ccccc2)C(O)[C@H]1O. The number of aliphatic hydroxyl groups is 2. The van der Waals surface area contributed by atoms with Gasteiger partial charge in [-0.3, -0.25) is 4.74 Å². The van der Waals surface area contributed by atoms with Gasteiger partial charge in [0.05, 0.1) is 6.61 Å². The van der Waals surface area contributed by atoms with Crippen molar-refractivity contribution >= 4 is 17.5 Å². The monoisotopic (exact) mass is 440 g/mol. The Morgan fingerprint density at radius 1 is 1.34 bits per heavy atom. The number of benzene rings is 1. The van der Waals surface area contributed by atoms with Crippen molar-refractivity contribution in [1.82, 2.24) is 14.6 Å². The molecular weight excluding hydrogens is 418 g/mol. The van der Waals surface area contributed by atoms with Crippen molar-refractivity contribution in [2.45, 2.75) is 37.1 Å². The van der Waals surface area contributed by atoms with Crippen molar-refractivity contribution in [2.75, 3.05) is 12.3 Å². The van der Waals surface area contributed by atoms with Gasteiger partial charge in [0.2, 0.25) is 6.10 Å². The van der Waals surface area contributed by atoms with Crippen LogP contribution in [0, 0.1) is 6.57 Å². The minimum absolute atomic E-state index is 0.195. The quantitative estimate of drug-likeness (QED) is 0.513. The molecule has 0 spiro atoms. The number of carbonyl (C=O) groups is 1. The summed E-state index contributed by atoms with van der Waals surface area (Å²) in [5.41, 5.74) is 5.39. The second-order valence-electron chi connectivity index (χ2n) is 7.31. The molecule has 2 unspecified atom stereocenters. The number of aliphatic hydroxyl groups excluding tert-OH is 2. The summed E-state index contributed by atoms with van der Waals surface area (Å²) in [6.07, 6.45) is -4.88. The Morgan fingerprint density at radius 3 is 2.81 bits per heavy atom. The van der Waals surface area contributed by atoms with Gasteiger partial charge in [0, 0.05) is 0 Å². The number of hydrogen-bond donors (Lipinski definition) is 3. The van der Waals surface area contributed by atoms with E-state index in [0.717, 1.165) is 5.56 Å². The number of nitrogens with zero attached hydrogens (tertiary/aromatic N) is 4. The third kappa shape index (κ3) is 3.60. The average molecular weight is 440 g/mol. The van der Waals surface area contributed by atoms with Crippen molar-refractivity contribution in [1.29, 1.82) is 0 Å². The van der Waals surface area contributed by atoms with Gasteiger partial charge in [0.25, 0.3) is 6.57 Å². The van der Waals surface area contributed by atoms with Crippen LogP contribution in [-0.2, 0) is 19.9 Å². The van der Waals surface area contributed by atoms with Gasteiger partial charge >= 0.3 is 11.9 Å². The second-order valence-corrected chi connectivity index (χ2v) is 7.31. The zero-order valence-electron chi connectivity index (χ0n) is 17.1. The fourth-order valence-corrected chi connectivity index (χ4v) is 3.65. The molecule has 2 aromatic heterocycles. The molecule has 0 radical (unpaired) electrons. The lowest BCUT2D eigenvalue weighted by Gasteiger charge is -2.35. The van der Waals surface area contributed by atoms with Crippen molar-refractivity contribution in [3.63, 3.8) is 0 Å². The van der Waals surface area contributed by atoms with Crippen molar-refractivity contribution in [2.24, 2.45) is 0 Å². The van der Waals surface area contributed by atoms with Crippen molar-refractivity contribution in [3.05, 3.63) is 64.9 Å². The molecule has 1 aliphatic rings. The molecule has 11 heteroatoms. The van der Waals surface area contributed by atoms with Crippen LogP contribution in [0.2, 0.25) is 0 Å². The molecular formula is C21H22N5O6+. The Kier molecular flexibility index (Phi) is 5.67. The van der Waals surface area contributed by atoms with Crippen LogP contribution in [0.25, 0.3) is 10.4 Å². The smallest absolute Gasteiger partial charge is 0.426 e. The summed E-state index contributed by atoms with van der Waals surface area (Å²) >= 11 is 0. The molecule has 1 aliphatic heterocycles. The zero-order valence-corrected chi connectivity index (χ0v) is 17.1. The maximum Gasteiger partial charge on any atom is 0.509 e. The molecule has 1 fully saturated rings. The average Bonchev–Trinajstić information content (AvgIpc) is 3.24. The maximum atomic E-state index is 12.2. The Bertz CT molecular complexity index is 1160. The molecule has 1 aromatic carbocycles. The summed E-state index contributed by atoms with van der Waals surface area (Å²) in [6, 6.07) is 12.2. The Labute approximate surface area is 182 Å². The number of hydrogen-bond acceptors (Lipinski definition) is 9. The molecule has 3 heterocycles. The van der Waals surface area contributed by atoms with E-state index < -0.39 is 36.3 Å². The minimum atomic E-state index is -1.88. The standard InChI is InChI=1S/C21H22N5O6/c1-12(13-6-4-3-5-7-13)31-20(29)32-15-10-30-21(23-2,18(28)17(15)27)16-9-8-14-19(22)24-11-25-26(14)16/h2-9,11-12,15,17-18,27-28H,10H2,1H3,(H2,22,24,25)/q+1/t12-,15?,17?,18-,21+/m1/s1. The summed E-state index contributed by atoms with van der Waals surface area (Å²) < 4.78 is 17.5. The highest BCUT2D eigenvalue weighted by atomic mass is 16.7. The number of fused-ring (bicyclic) bond motifs is 1. The molecule has 0 aliphatic carbocycles. The molecule has 3 aromatic rings. The van der Waals surface area contributed by atoms with E-state index >= 15 is 0 Å². The highest BCUT2D eigenvalue weighted by molar-refractivity contribution is 5.66. The molecule has 0 amide bonds. The number of carbonyl (C=O) groups excluding carboxylic acids is 1. The second kappa shape index (κ2) is 8.43. The first kappa shape index (κ1) is 21.5. The lowest BCUT2D eigenvalue weighted by Crippen LogP contribution is -2.59. The highest BCUT2D eigenvalue weighted by Gasteiger charge is 2.63.